The summed E-state index contributed by atoms with van der Waals surface area (Å²) in [5, 5.41) is 11.3. The molecular formula is C14H11FN2O2S. The first-order valence-corrected chi connectivity index (χ1v) is 6.91. The van der Waals surface area contributed by atoms with Crippen LogP contribution < -0.4 is 0 Å². The van der Waals surface area contributed by atoms with E-state index >= 15 is 0 Å². The zero-order valence-electron chi connectivity index (χ0n) is 10.4. The highest BCUT2D eigenvalue weighted by Crippen LogP contribution is 2.23. The molecule has 2 heterocycles. The van der Waals surface area contributed by atoms with Crippen LogP contribution in [0, 0.1) is 5.82 Å². The van der Waals surface area contributed by atoms with Crippen LogP contribution in [0.15, 0.2) is 42.0 Å². The van der Waals surface area contributed by atoms with Crippen LogP contribution in [-0.2, 0) is 11.2 Å². The largest absolute Gasteiger partial charge is 0.481 e. The highest BCUT2D eigenvalue weighted by atomic mass is 32.1. The lowest BCUT2D eigenvalue weighted by Crippen LogP contribution is -2.14. The minimum atomic E-state index is -0.980. The van der Waals surface area contributed by atoms with Crippen molar-refractivity contribution in [1.82, 2.24) is 9.38 Å². The van der Waals surface area contributed by atoms with Crippen LogP contribution in [0.5, 0.6) is 0 Å². The lowest BCUT2D eigenvalue weighted by molar-refractivity contribution is -0.138. The smallest absolute Gasteiger partial charge is 0.311 e. The van der Waals surface area contributed by atoms with Crippen molar-refractivity contribution >= 4 is 22.3 Å². The first kappa shape index (κ1) is 12.8. The molecule has 102 valence electrons. The molecule has 0 aliphatic heterocycles. The Hall–Kier alpha value is -2.21. The number of rotatable bonds is 4. The minimum absolute atomic E-state index is 0.243. The standard InChI is InChI=1S/C14H11FN2O2S/c15-10-3-1-2-9(6-10)12(13(18)19)7-11-8-17-4-5-20-14(17)16-11/h1-6,8,12H,7H2,(H,18,19). The number of halogens is 1. The van der Waals surface area contributed by atoms with Crippen LogP contribution in [0.3, 0.4) is 0 Å². The molecule has 1 N–H and O–H groups in total. The van der Waals surface area contributed by atoms with Crippen LogP contribution in [0.25, 0.3) is 4.96 Å². The molecule has 0 radical (unpaired) electrons. The molecular weight excluding hydrogens is 279 g/mol. The fourth-order valence-electron chi connectivity index (χ4n) is 2.15. The van der Waals surface area contributed by atoms with Crippen LogP contribution in [0.2, 0.25) is 0 Å². The molecule has 6 heteroatoms. The Morgan fingerprint density at radius 3 is 3.05 bits per heavy atom. The molecule has 0 aliphatic rings. The number of fused-ring (bicyclic) bond motifs is 1. The number of nitrogens with zero attached hydrogens (tertiary/aromatic N) is 2. The topological polar surface area (TPSA) is 54.6 Å². The highest BCUT2D eigenvalue weighted by molar-refractivity contribution is 7.15. The van der Waals surface area contributed by atoms with Crippen molar-refractivity contribution in [2.75, 3.05) is 0 Å². The van der Waals surface area contributed by atoms with Gasteiger partial charge in [0.2, 0.25) is 0 Å². The van der Waals surface area contributed by atoms with Crippen molar-refractivity contribution in [3.05, 3.63) is 59.1 Å². The zero-order chi connectivity index (χ0) is 14.1. The lowest BCUT2D eigenvalue weighted by Gasteiger charge is -2.11. The third-order valence-electron chi connectivity index (χ3n) is 3.11. The van der Waals surface area contributed by atoms with Crippen LogP contribution >= 0.6 is 11.3 Å². The van der Waals surface area contributed by atoms with Gasteiger partial charge in [-0.15, -0.1) is 11.3 Å². The Morgan fingerprint density at radius 2 is 2.35 bits per heavy atom. The van der Waals surface area contributed by atoms with E-state index in [1.54, 1.807) is 12.3 Å². The normalized spacial score (nSPS) is 12.7. The number of carboxylic acid groups (broad SMARTS) is 1. The second-order valence-electron chi connectivity index (χ2n) is 4.48. The predicted molar refractivity (Wildman–Crippen MR) is 73.5 cm³/mol. The number of hydrogen-bond acceptors (Lipinski definition) is 3. The summed E-state index contributed by atoms with van der Waals surface area (Å²) >= 11 is 1.49. The molecule has 3 aromatic rings. The van der Waals surface area contributed by atoms with E-state index in [9.17, 15) is 14.3 Å². The fourth-order valence-corrected chi connectivity index (χ4v) is 2.87. The van der Waals surface area contributed by atoms with Crippen LogP contribution in [0.4, 0.5) is 4.39 Å². The molecule has 3 rings (SSSR count). The summed E-state index contributed by atoms with van der Waals surface area (Å²) in [6.07, 6.45) is 3.92. The summed E-state index contributed by atoms with van der Waals surface area (Å²) in [7, 11) is 0. The maximum Gasteiger partial charge on any atom is 0.311 e. The molecule has 20 heavy (non-hydrogen) atoms. The summed E-state index contributed by atoms with van der Waals surface area (Å²) in [6.45, 7) is 0. The average Bonchev–Trinajstić information content (AvgIpc) is 2.96. The van der Waals surface area contributed by atoms with Gasteiger partial charge in [-0.3, -0.25) is 9.20 Å². The third kappa shape index (κ3) is 2.42. The molecule has 0 aliphatic carbocycles. The first-order valence-electron chi connectivity index (χ1n) is 6.03. The number of imidazole rings is 1. The summed E-state index contributed by atoms with van der Waals surface area (Å²) < 4.78 is 15.1. The van der Waals surface area contributed by atoms with E-state index in [1.807, 2.05) is 16.0 Å². The van der Waals surface area contributed by atoms with Gasteiger partial charge in [0.1, 0.15) is 5.82 Å². The van der Waals surface area contributed by atoms with Crippen molar-refractivity contribution in [2.45, 2.75) is 12.3 Å². The van der Waals surface area contributed by atoms with Crippen LogP contribution in [-0.4, -0.2) is 20.5 Å². The Kier molecular flexibility index (Phi) is 3.23. The molecule has 4 nitrogen and oxygen atoms in total. The summed E-state index contributed by atoms with van der Waals surface area (Å²) in [4.78, 5) is 16.6. The number of hydrogen-bond donors (Lipinski definition) is 1. The van der Waals surface area contributed by atoms with Crippen molar-refractivity contribution in [3.63, 3.8) is 0 Å². The van der Waals surface area contributed by atoms with Crippen LogP contribution in [0.1, 0.15) is 17.2 Å². The average molecular weight is 290 g/mol. The molecule has 0 fully saturated rings. The number of benzene rings is 1. The van der Waals surface area contributed by atoms with Gasteiger partial charge in [-0.1, -0.05) is 12.1 Å². The van der Waals surface area contributed by atoms with Gasteiger partial charge in [0, 0.05) is 24.2 Å². The molecule has 1 aromatic carbocycles. The Labute approximate surface area is 118 Å². The van der Waals surface area contributed by atoms with E-state index in [0.29, 0.717) is 11.3 Å². The van der Waals surface area contributed by atoms with Crippen molar-refractivity contribution in [3.8, 4) is 0 Å². The Balaban J connectivity index is 1.91. The number of aromatic nitrogens is 2. The van der Waals surface area contributed by atoms with Gasteiger partial charge in [0.05, 0.1) is 11.6 Å². The summed E-state index contributed by atoms with van der Waals surface area (Å²) in [6, 6.07) is 5.71. The second-order valence-corrected chi connectivity index (χ2v) is 5.35. The Morgan fingerprint density at radius 1 is 1.50 bits per heavy atom. The number of thiazole rings is 1. The van der Waals surface area contributed by atoms with Gasteiger partial charge in [-0.2, -0.15) is 0 Å². The van der Waals surface area contributed by atoms with E-state index in [-0.39, 0.29) is 6.42 Å². The molecule has 0 spiro atoms. The van der Waals surface area contributed by atoms with Gasteiger partial charge < -0.3 is 5.11 Å². The zero-order valence-corrected chi connectivity index (χ0v) is 11.2. The minimum Gasteiger partial charge on any atom is -0.481 e. The van der Waals surface area contributed by atoms with Gasteiger partial charge >= 0.3 is 5.97 Å². The van der Waals surface area contributed by atoms with Crippen molar-refractivity contribution in [1.29, 1.82) is 0 Å². The lowest BCUT2D eigenvalue weighted by atomic mass is 9.94. The molecule has 0 saturated heterocycles. The third-order valence-corrected chi connectivity index (χ3v) is 3.88. The van der Waals surface area contributed by atoms with Gasteiger partial charge in [0.15, 0.2) is 4.96 Å². The predicted octanol–water partition coefficient (Wildman–Crippen LogP) is 2.95. The summed E-state index contributed by atoms with van der Waals surface area (Å²) in [5.41, 5.74) is 1.14. The first-order chi connectivity index (χ1) is 9.63. The van der Waals surface area contributed by atoms with E-state index in [0.717, 1.165) is 4.96 Å². The van der Waals surface area contributed by atoms with E-state index in [1.165, 1.54) is 29.5 Å². The molecule has 0 bridgehead atoms. The molecule has 0 amide bonds. The van der Waals surface area contributed by atoms with Gasteiger partial charge in [-0.05, 0) is 17.7 Å². The number of carboxylic acids is 1. The van der Waals surface area contributed by atoms with E-state index in [2.05, 4.69) is 4.98 Å². The molecule has 1 atom stereocenters. The van der Waals surface area contributed by atoms with E-state index < -0.39 is 17.7 Å². The number of aliphatic carboxylic acids is 1. The monoisotopic (exact) mass is 290 g/mol. The fraction of sp³-hybridized carbons (Fsp3) is 0.143. The maximum absolute atomic E-state index is 13.2. The number of carbonyl (C=O) groups is 1. The second kappa shape index (κ2) is 5.05. The molecule has 1 unspecified atom stereocenters. The molecule has 2 aromatic heterocycles. The van der Waals surface area contributed by atoms with Crippen molar-refractivity contribution < 1.29 is 14.3 Å². The van der Waals surface area contributed by atoms with E-state index in [4.69, 9.17) is 0 Å². The maximum atomic E-state index is 13.2. The van der Waals surface area contributed by atoms with Gasteiger partial charge in [-0.25, -0.2) is 9.37 Å². The quantitative estimate of drug-likeness (QED) is 0.803. The van der Waals surface area contributed by atoms with Crippen molar-refractivity contribution in [2.24, 2.45) is 0 Å². The molecule has 0 saturated carbocycles. The highest BCUT2D eigenvalue weighted by Gasteiger charge is 2.22. The SMILES string of the molecule is O=C(O)C(Cc1cn2ccsc2n1)c1cccc(F)c1. The summed E-state index contributed by atoms with van der Waals surface area (Å²) in [5.74, 6) is -2.21. The Bertz CT molecular complexity index is 737. The van der Waals surface area contributed by atoms with Gasteiger partial charge in [0.25, 0.3) is 0 Å².